The maximum Gasteiger partial charge on any atom is 0.0711 e. The molecule has 0 aliphatic heterocycles. The number of hydrogen-bond donors (Lipinski definition) is 0. The van der Waals surface area contributed by atoms with Gasteiger partial charge in [0.1, 0.15) is 0 Å². The van der Waals surface area contributed by atoms with Crippen LogP contribution in [0, 0.1) is 0 Å². The molecule has 51 heavy (non-hydrogen) atoms. The van der Waals surface area contributed by atoms with Crippen LogP contribution in [-0.4, -0.2) is 93.4 Å². The second kappa shape index (κ2) is 14.3. The molecule has 13 heteroatoms. The first-order valence-electron chi connectivity index (χ1n) is 20.3. The lowest BCUT2D eigenvalue weighted by atomic mass is 10.4. The zero-order valence-corrected chi connectivity index (χ0v) is 52.3. The van der Waals surface area contributed by atoms with Gasteiger partial charge in [0.15, 0.2) is 0 Å². The summed E-state index contributed by atoms with van der Waals surface area (Å²) in [5.41, 5.74) is 0. The predicted octanol–water partition coefficient (Wildman–Crippen LogP) is 12.0. The third-order valence-corrected chi connectivity index (χ3v) is 323. The van der Waals surface area contributed by atoms with Crippen LogP contribution in [-0.2, 0) is 0 Å². The third-order valence-electron chi connectivity index (χ3n) is 21.7. The predicted molar refractivity (Wildman–Crippen MR) is 279 cm³/mol. The van der Waals surface area contributed by atoms with Gasteiger partial charge in [0, 0.05) is 78.2 Å². The molecule has 0 saturated carbocycles. The Bertz CT molecular complexity index is 1400. The van der Waals surface area contributed by atoms with Gasteiger partial charge < -0.3 is 0 Å². The monoisotopic (exact) mass is 908 g/mol. The van der Waals surface area contributed by atoms with Crippen molar-refractivity contribution < 1.29 is 0 Å². The van der Waals surface area contributed by atoms with Gasteiger partial charge >= 0.3 is 0 Å². The van der Waals surface area contributed by atoms with Crippen LogP contribution in [0.3, 0.4) is 0 Å². The second-order valence-electron chi connectivity index (χ2n) is 23.9. The highest BCUT2D eigenvalue weighted by atomic mass is 30.2. The molecule has 0 bridgehead atoms. The summed E-state index contributed by atoms with van der Waals surface area (Å²) in [5.74, 6) is 0. The van der Waals surface area contributed by atoms with Crippen molar-refractivity contribution in [3.05, 3.63) is 60.7 Å². The molecule has 2 aromatic carbocycles. The molecule has 2 rings (SSSR count). The Morgan fingerprint density at radius 1 is 0.196 bits per heavy atom. The molecule has 0 aromatic heterocycles. The summed E-state index contributed by atoms with van der Waals surface area (Å²) in [6.45, 7) is 77.3. The molecule has 0 aliphatic rings. The van der Waals surface area contributed by atoms with Gasteiger partial charge in [-0.3, -0.25) is 0 Å². The highest BCUT2D eigenvalue weighted by Crippen LogP contribution is 2.50. The Balaban J connectivity index is 2.76. The second-order valence-corrected chi connectivity index (χ2v) is 174. The summed E-state index contributed by atoms with van der Waals surface area (Å²) in [5, 5.41) is 3.48. The van der Waals surface area contributed by atoms with Crippen molar-refractivity contribution in [1.29, 1.82) is 0 Å². The minimum Gasteiger partial charge on any atom is -0.0735 e. The summed E-state index contributed by atoms with van der Waals surface area (Å²) in [7, 11) is -20.3. The van der Waals surface area contributed by atoms with Crippen LogP contribution in [0.5, 0.6) is 0 Å². The molecule has 0 unspecified atom stereocenters. The number of benzene rings is 2. The summed E-state index contributed by atoms with van der Waals surface area (Å²) in [6.07, 6.45) is 0. The van der Waals surface area contributed by atoms with Gasteiger partial charge in [0.2, 0.25) is 0 Å². The molecular formula is C38H88Si13. The lowest BCUT2D eigenvalue weighted by molar-refractivity contribution is 1.70. The van der Waals surface area contributed by atoms with E-state index < -0.39 is 93.4 Å². The van der Waals surface area contributed by atoms with Crippen molar-refractivity contribution in [3.63, 3.8) is 0 Å². The fourth-order valence-corrected chi connectivity index (χ4v) is 445. The third kappa shape index (κ3) is 6.60. The van der Waals surface area contributed by atoms with Crippen LogP contribution in [0.1, 0.15) is 0 Å². The van der Waals surface area contributed by atoms with Gasteiger partial charge in [-0.25, -0.2) is 0 Å². The average molecular weight is 910 g/mol. The highest BCUT2D eigenvalue weighted by molar-refractivity contribution is 8.10. The molecule has 0 radical (unpaired) electrons. The molecule has 0 fully saturated rings. The van der Waals surface area contributed by atoms with Crippen molar-refractivity contribution in [3.8, 4) is 0 Å². The molecule has 0 amide bonds. The van der Waals surface area contributed by atoms with Gasteiger partial charge in [0.25, 0.3) is 0 Å². The smallest absolute Gasteiger partial charge is 0.0711 e. The molecule has 0 aliphatic carbocycles. The summed E-state index contributed by atoms with van der Waals surface area (Å²) in [4.78, 5) is 0. The van der Waals surface area contributed by atoms with E-state index >= 15 is 0 Å². The summed E-state index contributed by atoms with van der Waals surface area (Å²) in [6, 6.07) is 23.9. The zero-order valence-electron chi connectivity index (χ0n) is 39.3. The largest absolute Gasteiger partial charge is 0.0735 e. The van der Waals surface area contributed by atoms with Crippen LogP contribution in [0.15, 0.2) is 60.7 Å². The summed E-state index contributed by atoms with van der Waals surface area (Å²) < 4.78 is 0. The normalized spacial score (nSPS) is 16.0. The van der Waals surface area contributed by atoms with E-state index in [1.165, 1.54) is 0 Å². The van der Waals surface area contributed by atoms with E-state index in [0.717, 1.165) is 0 Å². The van der Waals surface area contributed by atoms with E-state index in [-0.39, 0.29) is 0 Å². The number of hydrogen-bond acceptors (Lipinski definition) is 0. The first kappa shape index (κ1) is 48.4. The molecule has 2 aromatic rings. The van der Waals surface area contributed by atoms with Crippen molar-refractivity contribution in [2.24, 2.45) is 0 Å². The topological polar surface area (TPSA) is 0 Å². The summed E-state index contributed by atoms with van der Waals surface area (Å²) >= 11 is 0. The van der Waals surface area contributed by atoms with E-state index in [1.54, 1.807) is 10.4 Å². The van der Waals surface area contributed by atoms with E-state index in [0.29, 0.717) is 0 Å². The van der Waals surface area contributed by atoms with E-state index in [4.69, 9.17) is 0 Å². The molecule has 0 N–H and O–H groups in total. The Morgan fingerprint density at radius 2 is 0.333 bits per heavy atom. The molecule has 0 nitrogen and oxygen atoms in total. The van der Waals surface area contributed by atoms with E-state index in [2.05, 4.69) is 231 Å². The van der Waals surface area contributed by atoms with Gasteiger partial charge in [-0.05, 0) is 0 Å². The van der Waals surface area contributed by atoms with Gasteiger partial charge in [0.05, 0.1) is 15.2 Å². The molecule has 292 valence electrons. The zero-order chi connectivity index (χ0) is 40.7. The van der Waals surface area contributed by atoms with Crippen molar-refractivity contribution in [1.82, 2.24) is 0 Å². The Kier molecular flexibility index (Phi) is 13.5. The van der Waals surface area contributed by atoms with Crippen molar-refractivity contribution in [2.45, 2.75) is 170 Å². The Morgan fingerprint density at radius 3 is 0.490 bits per heavy atom. The van der Waals surface area contributed by atoms with Crippen LogP contribution in [0.4, 0.5) is 0 Å². The standard InChI is InChI=1S/C38H88Si13/c1-39(2,37-33-29-27-30-34-37)41(5,6)43(9,10)45(13,14)47(17,18)49(21,22)51(25,26)50(23,24)48(19,20)46(15,16)44(11,12)42(7,8)40(3,4)38-35-31-28-32-36-38/h27-36H,1-26H3. The maximum absolute atomic E-state index is 3.06. The quantitative estimate of drug-likeness (QED) is 0.166. The van der Waals surface area contributed by atoms with Gasteiger partial charge in [-0.15, -0.1) is 0 Å². The van der Waals surface area contributed by atoms with E-state index in [1.807, 2.05) is 0 Å². The molecule has 0 saturated heterocycles. The molecule has 0 atom stereocenters. The fraction of sp³-hybridized carbons (Fsp3) is 0.684. The fourth-order valence-electron chi connectivity index (χ4n) is 11.0. The molecular weight excluding hydrogens is 822 g/mol. The minimum atomic E-state index is -1.59. The van der Waals surface area contributed by atoms with Gasteiger partial charge in [-0.2, -0.15) is 0 Å². The number of rotatable bonds is 14. The van der Waals surface area contributed by atoms with E-state index in [9.17, 15) is 0 Å². The molecule has 0 heterocycles. The first-order chi connectivity index (χ1) is 22.2. The van der Waals surface area contributed by atoms with Crippen LogP contribution < -0.4 is 10.4 Å². The van der Waals surface area contributed by atoms with Crippen LogP contribution >= 0.6 is 0 Å². The highest BCUT2D eigenvalue weighted by Gasteiger charge is 2.74. The first-order valence-corrected chi connectivity index (χ1v) is 71.3. The van der Waals surface area contributed by atoms with Crippen molar-refractivity contribution >= 4 is 104 Å². The Labute approximate surface area is 331 Å². The average Bonchev–Trinajstić information content (AvgIpc) is 3.00. The Hall–Kier alpha value is 1.26. The lowest BCUT2D eigenvalue weighted by Gasteiger charge is -2.69. The van der Waals surface area contributed by atoms with Crippen LogP contribution in [0.2, 0.25) is 170 Å². The van der Waals surface area contributed by atoms with Gasteiger partial charge in [-0.1, -0.05) is 241 Å². The molecule has 0 spiro atoms. The van der Waals surface area contributed by atoms with Crippen LogP contribution in [0.25, 0.3) is 0 Å². The lowest BCUT2D eigenvalue weighted by Crippen LogP contribution is -2.97. The SMILES string of the molecule is C[Si](C)(c1ccccc1)[Si](C)(C)[Si](C)(C)[Si](C)(C)[Si](C)(C)[Si](C)(C)[Si](C)(C)[Si](C)(C)[Si](C)(C)[Si](C)(C)[Si](C)(C)[Si](C)(C)[Si](C)(C)c1ccccc1. The minimum absolute atomic E-state index is 1.53. The van der Waals surface area contributed by atoms with Crippen molar-refractivity contribution in [2.75, 3.05) is 0 Å². The maximum atomic E-state index is 3.06.